The summed E-state index contributed by atoms with van der Waals surface area (Å²) in [4.78, 5) is 22.0. The van der Waals surface area contributed by atoms with E-state index in [1.54, 1.807) is 6.92 Å². The first-order valence-electron chi connectivity index (χ1n) is 5.72. The van der Waals surface area contributed by atoms with E-state index >= 15 is 0 Å². The molecule has 0 amide bonds. The average molecular weight is 305 g/mol. The molecule has 0 aliphatic carbocycles. The predicted octanol–water partition coefficient (Wildman–Crippen LogP) is 2.02. The third-order valence-corrected chi connectivity index (χ3v) is 4.23. The molecule has 1 aromatic rings. The molecule has 2 rings (SSSR count). The highest BCUT2D eigenvalue weighted by Crippen LogP contribution is 2.54. The Hall–Kier alpha value is -1.70. The first-order valence-corrected chi connectivity index (χ1v) is 7.18. The van der Waals surface area contributed by atoms with E-state index in [1.807, 2.05) is 0 Å². The van der Waals surface area contributed by atoms with E-state index in [1.165, 1.54) is 18.4 Å². The van der Waals surface area contributed by atoms with Gasteiger partial charge in [-0.05, 0) is 12.1 Å². The van der Waals surface area contributed by atoms with Gasteiger partial charge < -0.3 is 8.94 Å². The Morgan fingerprint density at radius 1 is 1.55 bits per heavy atom. The van der Waals surface area contributed by atoms with Crippen LogP contribution in [0.1, 0.15) is 23.9 Å². The van der Waals surface area contributed by atoms with Crippen molar-refractivity contribution in [1.82, 2.24) is 0 Å². The maximum absolute atomic E-state index is 12.0. The zero-order valence-corrected chi connectivity index (χ0v) is 11.4. The molecule has 110 valence electrons. The van der Waals surface area contributed by atoms with Crippen molar-refractivity contribution in [2.75, 3.05) is 13.2 Å². The van der Waals surface area contributed by atoms with E-state index in [2.05, 4.69) is 4.52 Å². The summed E-state index contributed by atoms with van der Waals surface area (Å²) < 4.78 is 31.0. The van der Waals surface area contributed by atoms with Crippen LogP contribution in [0.5, 0.6) is 0 Å². The highest BCUT2D eigenvalue weighted by atomic mass is 31.2. The number of phosphoric acid groups is 1. The average Bonchev–Trinajstić information content (AvgIpc) is 2.93. The lowest BCUT2D eigenvalue weighted by Crippen LogP contribution is -2.49. The molecule has 20 heavy (non-hydrogen) atoms. The van der Waals surface area contributed by atoms with Crippen LogP contribution in [0.3, 0.4) is 0 Å². The second kappa shape index (κ2) is 5.35. The Balaban J connectivity index is 2.03. The molecule has 0 atom stereocenters. The monoisotopic (exact) mass is 305 g/mol. The van der Waals surface area contributed by atoms with Gasteiger partial charge in [0.25, 0.3) is 5.54 Å². The maximum Gasteiger partial charge on any atom is 0.533 e. The number of nitro groups is 1. The number of nitrogens with zero attached hydrogens (tertiary/aromatic N) is 1. The van der Waals surface area contributed by atoms with Gasteiger partial charge in [0, 0.05) is 11.3 Å². The summed E-state index contributed by atoms with van der Waals surface area (Å²) in [5.41, 5.74) is -1.48. The van der Waals surface area contributed by atoms with Gasteiger partial charge in [0.1, 0.15) is 13.2 Å². The molecule has 0 aromatic carbocycles. The highest BCUT2D eigenvalue weighted by molar-refractivity contribution is 7.49. The summed E-state index contributed by atoms with van der Waals surface area (Å²) in [6, 6.07) is 2.76. The Morgan fingerprint density at radius 3 is 2.65 bits per heavy atom. The van der Waals surface area contributed by atoms with E-state index in [4.69, 9.17) is 13.5 Å². The molecule has 0 saturated carbocycles. The zero-order chi connectivity index (χ0) is 14.8. The Labute approximate surface area is 113 Å². The van der Waals surface area contributed by atoms with Gasteiger partial charge in [0.05, 0.1) is 6.26 Å². The van der Waals surface area contributed by atoms with Crippen LogP contribution in [-0.4, -0.2) is 29.6 Å². The lowest BCUT2D eigenvalue weighted by molar-refractivity contribution is -0.578. The van der Waals surface area contributed by atoms with Gasteiger partial charge in [-0.1, -0.05) is 6.92 Å². The first kappa shape index (κ1) is 14.7. The molecule has 0 radical (unpaired) electrons. The minimum Gasteiger partial charge on any atom is -0.457 e. The van der Waals surface area contributed by atoms with Crippen LogP contribution in [0, 0.1) is 10.1 Å². The van der Waals surface area contributed by atoms with Crippen molar-refractivity contribution in [3.63, 3.8) is 0 Å². The summed E-state index contributed by atoms with van der Waals surface area (Å²) in [5.74, 6) is -1.20. The van der Waals surface area contributed by atoms with Gasteiger partial charge in [-0.2, -0.15) is 0 Å². The lowest BCUT2D eigenvalue weighted by Gasteiger charge is -2.30. The van der Waals surface area contributed by atoms with Crippen LogP contribution in [-0.2, 0) is 18.1 Å². The fourth-order valence-corrected chi connectivity index (χ4v) is 2.78. The molecule has 0 spiro atoms. The zero-order valence-electron chi connectivity index (χ0n) is 10.5. The van der Waals surface area contributed by atoms with Crippen molar-refractivity contribution in [3.8, 4) is 0 Å². The highest BCUT2D eigenvalue weighted by Gasteiger charge is 2.52. The fraction of sp³-hybridized carbons (Fsp3) is 0.500. The lowest BCUT2D eigenvalue weighted by atomic mass is 10.0. The van der Waals surface area contributed by atoms with Gasteiger partial charge in [-0.3, -0.25) is 19.2 Å². The molecular formula is C10H12NO8P. The molecule has 0 unspecified atom stereocenters. The molecule has 0 bridgehead atoms. The van der Waals surface area contributed by atoms with Crippen LogP contribution in [0.4, 0.5) is 0 Å². The normalized spacial score (nSPS) is 29.9. The van der Waals surface area contributed by atoms with Crippen LogP contribution in [0.2, 0.25) is 0 Å². The molecule has 1 fully saturated rings. The minimum absolute atomic E-state index is 0.131. The number of phosphoric ester groups is 1. The third kappa shape index (κ3) is 2.74. The summed E-state index contributed by atoms with van der Waals surface area (Å²) in [6.45, 7) is 0.666. The van der Waals surface area contributed by atoms with E-state index < -0.39 is 37.5 Å². The third-order valence-electron chi connectivity index (χ3n) is 2.95. The van der Waals surface area contributed by atoms with Gasteiger partial charge in [0.15, 0.2) is 0 Å². The standard InChI is InChI=1S/C10H12NO8P/c1-2-10(11(13)14)6-17-20(15,18-7-10)19-9(12)8-4-3-5-16-8/h3-5H,2,6-7H2,1H3. The topological polar surface area (TPSA) is 118 Å². The van der Waals surface area contributed by atoms with E-state index in [0.29, 0.717) is 0 Å². The largest absolute Gasteiger partial charge is 0.533 e. The molecular weight excluding hydrogens is 293 g/mol. The quantitative estimate of drug-likeness (QED) is 0.471. The second-order valence-electron chi connectivity index (χ2n) is 4.19. The molecule has 10 heteroatoms. The Morgan fingerprint density at radius 2 is 2.20 bits per heavy atom. The molecule has 0 N–H and O–H groups in total. The van der Waals surface area contributed by atoms with Gasteiger partial charge in [-0.25, -0.2) is 9.36 Å². The number of hydrogen-bond donors (Lipinski definition) is 0. The molecule has 1 aromatic heterocycles. The van der Waals surface area contributed by atoms with E-state index in [0.717, 1.165) is 0 Å². The van der Waals surface area contributed by atoms with Crippen molar-refractivity contribution >= 4 is 13.8 Å². The van der Waals surface area contributed by atoms with Crippen LogP contribution in [0.15, 0.2) is 22.8 Å². The molecule has 1 aliphatic heterocycles. The smallest absolute Gasteiger partial charge is 0.457 e. The van der Waals surface area contributed by atoms with E-state index in [-0.39, 0.29) is 12.2 Å². The van der Waals surface area contributed by atoms with Crippen molar-refractivity contribution in [3.05, 3.63) is 34.3 Å². The van der Waals surface area contributed by atoms with Crippen molar-refractivity contribution < 1.29 is 32.3 Å². The summed E-state index contributed by atoms with van der Waals surface area (Å²) in [6.07, 6.45) is 1.37. The molecule has 1 saturated heterocycles. The van der Waals surface area contributed by atoms with Crippen molar-refractivity contribution in [2.45, 2.75) is 18.9 Å². The SMILES string of the molecule is CCC1([N+](=O)[O-])COP(=O)(OC(=O)c2ccco2)OC1. The van der Waals surface area contributed by atoms with Crippen molar-refractivity contribution in [2.24, 2.45) is 0 Å². The number of carbonyl (C=O) groups excluding carboxylic acids is 1. The van der Waals surface area contributed by atoms with Crippen LogP contribution < -0.4 is 0 Å². The van der Waals surface area contributed by atoms with E-state index in [9.17, 15) is 19.5 Å². The van der Waals surface area contributed by atoms with Crippen LogP contribution in [0.25, 0.3) is 0 Å². The number of furan rings is 1. The summed E-state index contributed by atoms with van der Waals surface area (Å²) in [7, 11) is -4.16. The molecule has 1 aliphatic rings. The van der Waals surface area contributed by atoms with Gasteiger partial charge >= 0.3 is 13.8 Å². The number of rotatable bonds is 4. The molecule has 2 heterocycles. The first-order chi connectivity index (χ1) is 9.41. The van der Waals surface area contributed by atoms with Crippen LogP contribution >= 0.6 is 7.82 Å². The van der Waals surface area contributed by atoms with Crippen molar-refractivity contribution in [1.29, 1.82) is 0 Å². The fourth-order valence-electron chi connectivity index (χ4n) is 1.51. The Kier molecular flexibility index (Phi) is 3.94. The Bertz CT molecular complexity index is 542. The van der Waals surface area contributed by atoms with Gasteiger partial charge in [0.2, 0.25) is 5.76 Å². The maximum atomic E-state index is 12.0. The summed E-state index contributed by atoms with van der Waals surface area (Å²) >= 11 is 0. The minimum atomic E-state index is -4.16. The molecule has 9 nitrogen and oxygen atoms in total. The van der Waals surface area contributed by atoms with Gasteiger partial charge in [-0.15, -0.1) is 0 Å². The summed E-state index contributed by atoms with van der Waals surface area (Å²) in [5, 5.41) is 11.0. The number of carbonyl (C=O) groups is 1. The number of hydrogen-bond acceptors (Lipinski definition) is 8. The predicted molar refractivity (Wildman–Crippen MR) is 63.7 cm³/mol. The second-order valence-corrected chi connectivity index (χ2v) is 5.78.